The molecule has 2 aromatic carbocycles. The maximum Gasteiger partial charge on any atom is 0.179 e. The first kappa shape index (κ1) is 15.1. The van der Waals surface area contributed by atoms with Crippen molar-refractivity contribution in [3.05, 3.63) is 84.0 Å². The Hall–Kier alpha value is -2.29. The zero-order valence-corrected chi connectivity index (χ0v) is 12.2. The van der Waals surface area contributed by atoms with Crippen LogP contribution < -0.4 is 5.32 Å². The van der Waals surface area contributed by atoms with Crippen LogP contribution in [0, 0.1) is 5.82 Å². The highest BCUT2D eigenvalue weighted by molar-refractivity contribution is 5.17. The maximum absolute atomic E-state index is 12.8. The molecule has 0 bridgehead atoms. The molecular weight excluding hydrogens is 265 g/mol. The fourth-order valence-corrected chi connectivity index (χ4v) is 2.09. The SMILES string of the molecule is C=C(NC(C)Cc1ccc(F)cc1)OCc1ccccc1. The monoisotopic (exact) mass is 285 g/mol. The first-order valence-electron chi connectivity index (χ1n) is 7.00. The first-order chi connectivity index (χ1) is 10.1. The third-order valence-corrected chi connectivity index (χ3v) is 3.12. The molecule has 0 aliphatic carbocycles. The summed E-state index contributed by atoms with van der Waals surface area (Å²) in [4.78, 5) is 0. The summed E-state index contributed by atoms with van der Waals surface area (Å²) < 4.78 is 18.4. The molecule has 0 aliphatic rings. The molecule has 0 fully saturated rings. The Morgan fingerprint density at radius 2 is 1.76 bits per heavy atom. The van der Waals surface area contributed by atoms with Gasteiger partial charge in [-0.25, -0.2) is 4.39 Å². The quantitative estimate of drug-likeness (QED) is 0.775. The number of halogens is 1. The lowest BCUT2D eigenvalue weighted by molar-refractivity contribution is 0.173. The molecule has 2 nitrogen and oxygen atoms in total. The Bertz CT molecular complexity index is 566. The third-order valence-electron chi connectivity index (χ3n) is 3.12. The first-order valence-corrected chi connectivity index (χ1v) is 7.00. The van der Waals surface area contributed by atoms with Crippen LogP contribution in [0.4, 0.5) is 4.39 Å². The van der Waals surface area contributed by atoms with E-state index in [4.69, 9.17) is 4.74 Å². The van der Waals surface area contributed by atoms with Crippen LogP contribution in [-0.2, 0) is 17.8 Å². The summed E-state index contributed by atoms with van der Waals surface area (Å²) in [6.45, 7) is 6.41. The minimum Gasteiger partial charge on any atom is -0.475 e. The van der Waals surface area contributed by atoms with Crippen LogP contribution in [-0.4, -0.2) is 6.04 Å². The van der Waals surface area contributed by atoms with Crippen LogP contribution >= 0.6 is 0 Å². The van der Waals surface area contributed by atoms with E-state index in [0.29, 0.717) is 12.5 Å². The van der Waals surface area contributed by atoms with E-state index in [-0.39, 0.29) is 11.9 Å². The summed E-state index contributed by atoms with van der Waals surface area (Å²) in [5.74, 6) is 0.337. The van der Waals surface area contributed by atoms with Gasteiger partial charge in [-0.2, -0.15) is 0 Å². The summed E-state index contributed by atoms with van der Waals surface area (Å²) in [7, 11) is 0. The van der Waals surface area contributed by atoms with Crippen molar-refractivity contribution >= 4 is 0 Å². The van der Waals surface area contributed by atoms with Gasteiger partial charge in [-0.1, -0.05) is 42.5 Å². The van der Waals surface area contributed by atoms with Crippen LogP contribution in [0.2, 0.25) is 0 Å². The Morgan fingerprint density at radius 3 is 2.43 bits per heavy atom. The van der Waals surface area contributed by atoms with Crippen LogP contribution in [0.5, 0.6) is 0 Å². The standard InChI is InChI=1S/C18H20FNO/c1-14(12-16-8-10-18(19)11-9-16)20-15(2)21-13-17-6-4-3-5-7-17/h3-11,14,20H,2,12-13H2,1H3. The zero-order valence-electron chi connectivity index (χ0n) is 12.2. The molecule has 0 spiro atoms. The minimum absolute atomic E-state index is 0.165. The number of benzene rings is 2. The van der Waals surface area contributed by atoms with E-state index in [2.05, 4.69) is 11.9 Å². The fourth-order valence-electron chi connectivity index (χ4n) is 2.09. The molecule has 1 N–H and O–H groups in total. The van der Waals surface area contributed by atoms with Gasteiger partial charge in [0.15, 0.2) is 5.88 Å². The van der Waals surface area contributed by atoms with Gasteiger partial charge in [-0.15, -0.1) is 0 Å². The molecule has 1 unspecified atom stereocenters. The maximum atomic E-state index is 12.8. The Balaban J connectivity index is 1.75. The smallest absolute Gasteiger partial charge is 0.179 e. The van der Waals surface area contributed by atoms with Gasteiger partial charge in [0.2, 0.25) is 0 Å². The molecule has 0 heterocycles. The molecule has 0 saturated heterocycles. The van der Waals surface area contributed by atoms with Crippen molar-refractivity contribution in [2.45, 2.75) is 26.0 Å². The average Bonchev–Trinajstić information content (AvgIpc) is 2.48. The van der Waals surface area contributed by atoms with Crippen LogP contribution in [0.3, 0.4) is 0 Å². The van der Waals surface area contributed by atoms with E-state index in [1.165, 1.54) is 12.1 Å². The molecule has 2 rings (SSSR count). The lowest BCUT2D eigenvalue weighted by Crippen LogP contribution is -2.28. The topological polar surface area (TPSA) is 21.3 Å². The molecule has 0 aromatic heterocycles. The summed E-state index contributed by atoms with van der Waals surface area (Å²) in [5.41, 5.74) is 2.18. The molecule has 1 atom stereocenters. The van der Waals surface area contributed by atoms with E-state index in [0.717, 1.165) is 17.5 Å². The lowest BCUT2D eigenvalue weighted by atomic mass is 10.1. The van der Waals surface area contributed by atoms with E-state index in [1.54, 1.807) is 12.1 Å². The van der Waals surface area contributed by atoms with Crippen molar-refractivity contribution < 1.29 is 9.13 Å². The van der Waals surface area contributed by atoms with E-state index >= 15 is 0 Å². The molecule has 2 aromatic rings. The number of nitrogens with one attached hydrogen (secondary N) is 1. The molecule has 110 valence electrons. The van der Waals surface area contributed by atoms with Crippen LogP contribution in [0.25, 0.3) is 0 Å². The van der Waals surface area contributed by atoms with Crippen molar-refractivity contribution in [3.8, 4) is 0 Å². The lowest BCUT2D eigenvalue weighted by Gasteiger charge is -2.17. The summed E-state index contributed by atoms with van der Waals surface area (Å²) in [6.07, 6.45) is 0.786. The number of hydrogen-bond acceptors (Lipinski definition) is 2. The zero-order chi connectivity index (χ0) is 15.1. The van der Waals surface area contributed by atoms with Gasteiger partial charge >= 0.3 is 0 Å². The van der Waals surface area contributed by atoms with Crippen molar-refractivity contribution in [2.24, 2.45) is 0 Å². The molecule has 21 heavy (non-hydrogen) atoms. The van der Waals surface area contributed by atoms with Crippen LogP contribution in [0.15, 0.2) is 67.1 Å². The molecule has 3 heteroatoms. The minimum atomic E-state index is -0.213. The van der Waals surface area contributed by atoms with Gasteiger partial charge in [-0.05, 0) is 43.2 Å². The van der Waals surface area contributed by atoms with Gasteiger partial charge in [0.25, 0.3) is 0 Å². The van der Waals surface area contributed by atoms with Crippen LogP contribution in [0.1, 0.15) is 18.1 Å². The van der Waals surface area contributed by atoms with Crippen molar-refractivity contribution in [1.82, 2.24) is 5.32 Å². The summed E-state index contributed by atoms with van der Waals surface area (Å²) >= 11 is 0. The van der Waals surface area contributed by atoms with Gasteiger partial charge < -0.3 is 10.1 Å². The van der Waals surface area contributed by atoms with Gasteiger partial charge in [-0.3, -0.25) is 0 Å². The second kappa shape index (κ2) is 7.48. The normalized spacial score (nSPS) is 11.7. The number of rotatable bonds is 7. The van der Waals surface area contributed by atoms with Crippen molar-refractivity contribution in [3.63, 3.8) is 0 Å². The van der Waals surface area contributed by atoms with Gasteiger partial charge in [0, 0.05) is 6.04 Å². The van der Waals surface area contributed by atoms with E-state index in [9.17, 15) is 4.39 Å². The van der Waals surface area contributed by atoms with E-state index in [1.807, 2.05) is 37.3 Å². The molecule has 0 aliphatic heterocycles. The van der Waals surface area contributed by atoms with Gasteiger partial charge in [0.1, 0.15) is 12.4 Å². The predicted molar refractivity (Wildman–Crippen MR) is 83.1 cm³/mol. The highest BCUT2D eigenvalue weighted by Gasteiger charge is 2.05. The average molecular weight is 285 g/mol. The second-order valence-electron chi connectivity index (χ2n) is 5.07. The van der Waals surface area contributed by atoms with E-state index < -0.39 is 0 Å². The largest absolute Gasteiger partial charge is 0.475 e. The molecular formula is C18H20FNO. The molecule has 0 radical (unpaired) electrons. The highest BCUT2D eigenvalue weighted by atomic mass is 19.1. The highest BCUT2D eigenvalue weighted by Crippen LogP contribution is 2.08. The molecule has 0 saturated carbocycles. The number of ether oxygens (including phenoxy) is 1. The number of hydrogen-bond donors (Lipinski definition) is 1. The Kier molecular flexibility index (Phi) is 5.38. The Labute approximate surface area is 125 Å². The van der Waals surface area contributed by atoms with Crippen molar-refractivity contribution in [2.75, 3.05) is 0 Å². The summed E-state index contributed by atoms with van der Waals surface area (Å²) in [5, 5.41) is 3.20. The summed E-state index contributed by atoms with van der Waals surface area (Å²) in [6, 6.07) is 16.6. The predicted octanol–water partition coefficient (Wildman–Crippen LogP) is 4.03. The fraction of sp³-hybridized carbons (Fsp3) is 0.222. The Morgan fingerprint density at radius 1 is 1.10 bits per heavy atom. The second-order valence-corrected chi connectivity index (χ2v) is 5.07. The molecule has 0 amide bonds. The third kappa shape index (κ3) is 5.30. The van der Waals surface area contributed by atoms with Gasteiger partial charge in [0.05, 0.1) is 0 Å². The van der Waals surface area contributed by atoms with Crippen molar-refractivity contribution in [1.29, 1.82) is 0 Å².